The van der Waals surface area contributed by atoms with Crippen molar-refractivity contribution < 1.29 is 0 Å². The molecule has 0 fully saturated rings. The predicted molar refractivity (Wildman–Crippen MR) is 237 cm³/mol. The van der Waals surface area contributed by atoms with Crippen LogP contribution in [0.3, 0.4) is 0 Å². The minimum Gasteiger partial charge on any atom is -0.309 e. The third-order valence-electron chi connectivity index (χ3n) is 11.3. The molecule has 2 heteroatoms. The van der Waals surface area contributed by atoms with Crippen LogP contribution in [0.2, 0.25) is 0 Å². The average molecular weight is 713 g/mol. The minimum atomic E-state index is 1.15. The highest BCUT2D eigenvalue weighted by atomic mass is 15.0. The number of fused-ring (bicyclic) bond motifs is 6. The van der Waals surface area contributed by atoms with Gasteiger partial charge >= 0.3 is 0 Å². The van der Waals surface area contributed by atoms with Gasteiger partial charge in [-0.2, -0.15) is 0 Å². The van der Waals surface area contributed by atoms with Crippen LogP contribution in [-0.4, -0.2) is 9.13 Å². The molecule has 0 aliphatic heterocycles. The zero-order valence-electron chi connectivity index (χ0n) is 30.7. The van der Waals surface area contributed by atoms with Crippen LogP contribution >= 0.6 is 0 Å². The largest absolute Gasteiger partial charge is 0.309 e. The Kier molecular flexibility index (Phi) is 7.53. The molecular weight excluding hydrogens is 677 g/mol. The van der Waals surface area contributed by atoms with Crippen LogP contribution in [-0.2, 0) is 0 Å². The molecule has 56 heavy (non-hydrogen) atoms. The Hall–Kier alpha value is -7.42. The Morgan fingerprint density at radius 3 is 1.23 bits per heavy atom. The Balaban J connectivity index is 1.14. The van der Waals surface area contributed by atoms with Crippen molar-refractivity contribution in [2.24, 2.45) is 0 Å². The van der Waals surface area contributed by atoms with Gasteiger partial charge < -0.3 is 9.13 Å². The van der Waals surface area contributed by atoms with E-state index in [-0.39, 0.29) is 0 Å². The van der Waals surface area contributed by atoms with E-state index in [2.05, 4.69) is 228 Å². The summed E-state index contributed by atoms with van der Waals surface area (Å²) in [6, 6.07) is 79.4. The Morgan fingerprint density at radius 2 is 0.643 bits per heavy atom. The summed E-state index contributed by atoms with van der Waals surface area (Å²) < 4.78 is 4.86. The molecule has 0 radical (unpaired) electrons. The predicted octanol–water partition coefficient (Wildman–Crippen LogP) is 14.5. The van der Waals surface area contributed by atoms with E-state index >= 15 is 0 Å². The van der Waals surface area contributed by atoms with Crippen molar-refractivity contribution >= 4 is 43.6 Å². The molecule has 2 aromatic heterocycles. The number of aromatic nitrogens is 2. The molecule has 0 saturated carbocycles. The van der Waals surface area contributed by atoms with Gasteiger partial charge in [0.05, 0.1) is 22.1 Å². The molecule has 0 saturated heterocycles. The molecule has 2 heterocycles. The second-order valence-electron chi connectivity index (χ2n) is 14.6. The maximum absolute atomic E-state index is 2.43. The number of rotatable bonds is 6. The van der Waals surface area contributed by atoms with E-state index in [1.54, 1.807) is 0 Å². The Bertz CT molecular complexity index is 3220. The highest BCUT2D eigenvalue weighted by Gasteiger charge is 2.19. The van der Waals surface area contributed by atoms with Crippen molar-refractivity contribution in [1.82, 2.24) is 9.13 Å². The van der Waals surface area contributed by atoms with E-state index in [4.69, 9.17) is 0 Å². The van der Waals surface area contributed by atoms with E-state index < -0.39 is 0 Å². The molecule has 0 atom stereocenters. The van der Waals surface area contributed by atoms with Crippen LogP contribution < -0.4 is 0 Å². The summed E-state index contributed by atoms with van der Waals surface area (Å²) >= 11 is 0. The molecular formula is C54H36N2. The first kappa shape index (κ1) is 32.0. The van der Waals surface area contributed by atoms with E-state index in [1.165, 1.54) is 88.1 Å². The topological polar surface area (TPSA) is 9.86 Å². The van der Waals surface area contributed by atoms with Gasteiger partial charge in [-0.05, 0) is 105 Å². The molecule has 0 unspecified atom stereocenters. The fraction of sp³-hybridized carbons (Fsp3) is 0. The normalized spacial score (nSPS) is 11.6. The zero-order chi connectivity index (χ0) is 37.0. The molecule has 2 nitrogen and oxygen atoms in total. The first-order valence-electron chi connectivity index (χ1n) is 19.3. The average Bonchev–Trinajstić information content (AvgIpc) is 3.80. The summed E-state index contributed by atoms with van der Waals surface area (Å²) in [6.07, 6.45) is 0. The quantitative estimate of drug-likeness (QED) is 0.162. The van der Waals surface area contributed by atoms with Crippen LogP contribution in [0.25, 0.3) is 99.5 Å². The summed E-state index contributed by atoms with van der Waals surface area (Å²) in [5.74, 6) is 0. The monoisotopic (exact) mass is 712 g/mol. The maximum Gasteiger partial charge on any atom is 0.0547 e. The van der Waals surface area contributed by atoms with Crippen molar-refractivity contribution in [2.45, 2.75) is 0 Å². The molecule has 0 amide bonds. The number of hydrogen-bond acceptors (Lipinski definition) is 0. The highest BCUT2D eigenvalue weighted by molar-refractivity contribution is 6.17. The summed E-state index contributed by atoms with van der Waals surface area (Å²) in [5, 5.41) is 4.98. The summed E-state index contributed by atoms with van der Waals surface area (Å²) in [4.78, 5) is 0. The standard InChI is InChI=1S/C54H36N2/c1-4-15-37(16-5-1)40-21-12-23-44(33-40)55-51-31-29-42(39-19-8-3-9-20-39)35-48(51)49-36-43(30-32-52(49)55)46-26-14-28-53-54(46)47-25-10-11-27-50(47)56(53)45-24-13-22-41(34-45)38-17-6-2-7-18-38/h1-36H. The van der Waals surface area contributed by atoms with Crippen LogP contribution in [0.4, 0.5) is 0 Å². The summed E-state index contributed by atoms with van der Waals surface area (Å²) in [5.41, 5.74) is 16.8. The van der Waals surface area contributed by atoms with Gasteiger partial charge in [-0.25, -0.2) is 0 Å². The van der Waals surface area contributed by atoms with Gasteiger partial charge in [0, 0.05) is 32.9 Å². The molecule has 0 aliphatic carbocycles. The molecule has 0 aliphatic rings. The molecule has 0 spiro atoms. The Morgan fingerprint density at radius 1 is 0.232 bits per heavy atom. The minimum absolute atomic E-state index is 1.15. The number of benzene rings is 9. The van der Waals surface area contributed by atoms with Gasteiger partial charge in [-0.15, -0.1) is 0 Å². The van der Waals surface area contributed by atoms with Crippen molar-refractivity contribution in [3.63, 3.8) is 0 Å². The molecule has 11 rings (SSSR count). The maximum atomic E-state index is 2.43. The molecule has 9 aromatic carbocycles. The third kappa shape index (κ3) is 5.26. The van der Waals surface area contributed by atoms with E-state index in [1.807, 2.05) is 0 Å². The number of nitrogens with zero attached hydrogens (tertiary/aromatic N) is 2. The number of para-hydroxylation sites is 1. The third-order valence-corrected chi connectivity index (χ3v) is 11.3. The zero-order valence-corrected chi connectivity index (χ0v) is 30.7. The lowest BCUT2D eigenvalue weighted by atomic mass is 9.97. The van der Waals surface area contributed by atoms with E-state index in [0.29, 0.717) is 0 Å². The first-order chi connectivity index (χ1) is 27.8. The first-order valence-corrected chi connectivity index (χ1v) is 19.3. The highest BCUT2D eigenvalue weighted by Crippen LogP contribution is 2.42. The van der Waals surface area contributed by atoms with Gasteiger partial charge in [0.15, 0.2) is 0 Å². The van der Waals surface area contributed by atoms with Gasteiger partial charge in [0.1, 0.15) is 0 Å². The van der Waals surface area contributed by atoms with Crippen LogP contribution in [0, 0.1) is 0 Å². The van der Waals surface area contributed by atoms with Gasteiger partial charge in [-0.3, -0.25) is 0 Å². The lowest BCUT2D eigenvalue weighted by Crippen LogP contribution is -1.95. The fourth-order valence-electron chi connectivity index (χ4n) is 8.73. The molecule has 0 bridgehead atoms. The molecule has 11 aromatic rings. The van der Waals surface area contributed by atoms with Crippen molar-refractivity contribution in [3.8, 4) is 55.9 Å². The lowest BCUT2D eigenvalue weighted by Gasteiger charge is -2.12. The fourth-order valence-corrected chi connectivity index (χ4v) is 8.73. The van der Waals surface area contributed by atoms with Gasteiger partial charge in [-0.1, -0.05) is 158 Å². The van der Waals surface area contributed by atoms with E-state index in [0.717, 1.165) is 11.4 Å². The SMILES string of the molecule is c1ccc(-c2cccc(-n3c4ccc(-c5ccccc5)cc4c4cc(-c5cccc6c5c5ccccc5n6-c5cccc(-c6ccccc6)c5)ccc43)c2)cc1. The van der Waals surface area contributed by atoms with Gasteiger partial charge in [0.2, 0.25) is 0 Å². The van der Waals surface area contributed by atoms with Crippen molar-refractivity contribution in [3.05, 3.63) is 218 Å². The second kappa shape index (κ2) is 13.2. The molecule has 262 valence electrons. The lowest BCUT2D eigenvalue weighted by molar-refractivity contribution is 1.18. The van der Waals surface area contributed by atoms with Crippen molar-refractivity contribution in [1.29, 1.82) is 0 Å². The van der Waals surface area contributed by atoms with Crippen molar-refractivity contribution in [2.75, 3.05) is 0 Å². The smallest absolute Gasteiger partial charge is 0.0547 e. The number of hydrogen-bond donors (Lipinski definition) is 0. The van der Waals surface area contributed by atoms with Crippen LogP contribution in [0.1, 0.15) is 0 Å². The summed E-state index contributed by atoms with van der Waals surface area (Å²) in [7, 11) is 0. The van der Waals surface area contributed by atoms with E-state index in [9.17, 15) is 0 Å². The van der Waals surface area contributed by atoms with Crippen LogP contribution in [0.5, 0.6) is 0 Å². The van der Waals surface area contributed by atoms with Crippen LogP contribution in [0.15, 0.2) is 218 Å². The van der Waals surface area contributed by atoms with Gasteiger partial charge in [0.25, 0.3) is 0 Å². The Labute approximate surface area is 325 Å². The summed E-state index contributed by atoms with van der Waals surface area (Å²) in [6.45, 7) is 0. The molecule has 0 N–H and O–H groups in total. The second-order valence-corrected chi connectivity index (χ2v) is 14.6.